The fraction of sp³-hybridized carbons (Fsp3) is 0.667. The first-order valence-corrected chi connectivity index (χ1v) is 7.71. The fourth-order valence-electron chi connectivity index (χ4n) is 2.50. The van der Waals surface area contributed by atoms with E-state index >= 15 is 0 Å². The molecule has 17 heavy (non-hydrogen) atoms. The molecule has 0 saturated carbocycles. The van der Waals surface area contributed by atoms with Crippen LogP contribution in [0, 0.1) is 0 Å². The predicted octanol–water partition coefficient (Wildman–Crippen LogP) is 1.38. The number of sulfone groups is 1. The van der Waals surface area contributed by atoms with Gasteiger partial charge in [0.05, 0.1) is 17.8 Å². The van der Waals surface area contributed by atoms with Crippen molar-refractivity contribution in [3.63, 3.8) is 0 Å². The molecule has 1 aliphatic rings. The molecule has 0 amide bonds. The lowest BCUT2D eigenvalue weighted by molar-refractivity contribution is 0.338. The minimum Gasteiger partial charge on any atom is -0.469 e. The van der Waals surface area contributed by atoms with Gasteiger partial charge in [0, 0.05) is 18.0 Å². The van der Waals surface area contributed by atoms with E-state index in [-0.39, 0.29) is 17.3 Å². The highest BCUT2D eigenvalue weighted by atomic mass is 32.2. The summed E-state index contributed by atoms with van der Waals surface area (Å²) in [7, 11) is -2.85. The van der Waals surface area contributed by atoms with Gasteiger partial charge >= 0.3 is 0 Å². The molecule has 2 atom stereocenters. The van der Waals surface area contributed by atoms with E-state index in [1.165, 1.54) is 0 Å². The average molecular weight is 257 g/mol. The molecule has 1 aromatic heterocycles. The van der Waals surface area contributed by atoms with Gasteiger partial charge in [-0.1, -0.05) is 0 Å². The van der Waals surface area contributed by atoms with Gasteiger partial charge in [0.15, 0.2) is 9.84 Å². The Bertz CT molecular complexity index is 466. The van der Waals surface area contributed by atoms with E-state index < -0.39 is 9.84 Å². The summed E-state index contributed by atoms with van der Waals surface area (Å²) in [6, 6.07) is 4.01. The molecule has 1 N–H and O–H groups in total. The Morgan fingerprint density at radius 1 is 1.59 bits per heavy atom. The second-order valence-corrected chi connectivity index (χ2v) is 7.42. The molecule has 0 radical (unpaired) electrons. The van der Waals surface area contributed by atoms with Gasteiger partial charge in [0.2, 0.25) is 0 Å². The Labute approximate surface area is 102 Å². The molecule has 1 aliphatic heterocycles. The Hall–Kier alpha value is -0.810. The molecule has 5 heteroatoms. The van der Waals surface area contributed by atoms with Crippen LogP contribution in [-0.4, -0.2) is 31.5 Å². The summed E-state index contributed by atoms with van der Waals surface area (Å²) < 4.78 is 28.3. The molecule has 1 saturated heterocycles. The normalized spacial score (nSPS) is 29.3. The molecule has 0 bridgehead atoms. The molecule has 0 aromatic carbocycles. The minimum atomic E-state index is -2.85. The van der Waals surface area contributed by atoms with E-state index in [0.29, 0.717) is 12.2 Å². The molecule has 1 aromatic rings. The van der Waals surface area contributed by atoms with Gasteiger partial charge in [0.25, 0.3) is 0 Å². The van der Waals surface area contributed by atoms with Crippen LogP contribution in [0.2, 0.25) is 0 Å². The van der Waals surface area contributed by atoms with E-state index in [2.05, 4.69) is 12.2 Å². The highest BCUT2D eigenvalue weighted by Gasteiger charge is 2.38. The van der Waals surface area contributed by atoms with Crippen molar-refractivity contribution in [1.29, 1.82) is 0 Å². The van der Waals surface area contributed by atoms with Crippen LogP contribution < -0.4 is 5.32 Å². The summed E-state index contributed by atoms with van der Waals surface area (Å²) in [6.45, 7) is 4.04. The third kappa shape index (κ3) is 3.33. The Balaban J connectivity index is 1.93. The molecule has 2 heterocycles. The lowest BCUT2D eigenvalue weighted by Crippen LogP contribution is -2.48. The van der Waals surface area contributed by atoms with Crippen molar-refractivity contribution in [2.24, 2.45) is 0 Å². The van der Waals surface area contributed by atoms with Crippen molar-refractivity contribution in [2.75, 3.05) is 11.5 Å². The van der Waals surface area contributed by atoms with Crippen LogP contribution in [0.5, 0.6) is 0 Å². The quantitative estimate of drug-likeness (QED) is 0.885. The second kappa shape index (κ2) is 4.46. The van der Waals surface area contributed by atoms with Crippen LogP contribution in [0.3, 0.4) is 0 Å². The van der Waals surface area contributed by atoms with Crippen LogP contribution >= 0.6 is 0 Å². The smallest absolute Gasteiger partial charge is 0.152 e. The number of nitrogens with one attached hydrogen (secondary N) is 1. The molecule has 1 fully saturated rings. The Morgan fingerprint density at radius 2 is 2.35 bits per heavy atom. The summed E-state index contributed by atoms with van der Waals surface area (Å²) >= 11 is 0. The van der Waals surface area contributed by atoms with Gasteiger partial charge in [-0.25, -0.2) is 8.42 Å². The maximum Gasteiger partial charge on any atom is 0.152 e. The largest absolute Gasteiger partial charge is 0.469 e. The third-order valence-electron chi connectivity index (χ3n) is 3.19. The monoisotopic (exact) mass is 257 g/mol. The SMILES string of the molecule is CC(Cc1ccco1)NC1(C)CCS(=O)(=O)C1. The summed E-state index contributed by atoms with van der Waals surface area (Å²) in [6.07, 6.45) is 3.13. The van der Waals surface area contributed by atoms with Crippen molar-refractivity contribution in [3.05, 3.63) is 24.2 Å². The molecule has 0 spiro atoms. The van der Waals surface area contributed by atoms with Gasteiger partial charge in [-0.05, 0) is 32.4 Å². The zero-order valence-electron chi connectivity index (χ0n) is 10.3. The molecular formula is C12H19NO3S. The first-order chi connectivity index (χ1) is 7.89. The van der Waals surface area contributed by atoms with Crippen LogP contribution in [0.4, 0.5) is 0 Å². The van der Waals surface area contributed by atoms with Crippen molar-refractivity contribution >= 4 is 9.84 Å². The summed E-state index contributed by atoms with van der Waals surface area (Å²) in [5.41, 5.74) is -0.287. The third-order valence-corrected chi connectivity index (χ3v) is 5.09. The Kier molecular flexibility index (Phi) is 3.32. The molecular weight excluding hydrogens is 238 g/mol. The standard InChI is InChI=1S/C12H19NO3S/c1-10(8-11-4-3-6-16-11)13-12(2)5-7-17(14,15)9-12/h3-4,6,10,13H,5,7-9H2,1-2H3. The van der Waals surface area contributed by atoms with Crippen LogP contribution in [0.25, 0.3) is 0 Å². The topological polar surface area (TPSA) is 59.3 Å². The van der Waals surface area contributed by atoms with Crippen LogP contribution in [0.15, 0.2) is 22.8 Å². The van der Waals surface area contributed by atoms with Gasteiger partial charge in [-0.15, -0.1) is 0 Å². The molecule has 4 nitrogen and oxygen atoms in total. The zero-order chi connectivity index (χ0) is 12.5. The number of rotatable bonds is 4. The summed E-state index contributed by atoms with van der Waals surface area (Å²) in [4.78, 5) is 0. The fourth-order valence-corrected chi connectivity index (χ4v) is 4.60. The van der Waals surface area contributed by atoms with Gasteiger partial charge in [0.1, 0.15) is 5.76 Å². The van der Waals surface area contributed by atoms with E-state index in [9.17, 15) is 8.42 Å². The predicted molar refractivity (Wildman–Crippen MR) is 66.7 cm³/mol. The van der Waals surface area contributed by atoms with Crippen molar-refractivity contribution in [2.45, 2.75) is 38.3 Å². The maximum absolute atomic E-state index is 11.5. The van der Waals surface area contributed by atoms with Gasteiger partial charge < -0.3 is 9.73 Å². The van der Waals surface area contributed by atoms with E-state index in [0.717, 1.165) is 12.2 Å². The average Bonchev–Trinajstić information content (AvgIpc) is 2.74. The number of hydrogen-bond donors (Lipinski definition) is 1. The lowest BCUT2D eigenvalue weighted by atomic mass is 10.00. The Morgan fingerprint density at radius 3 is 2.88 bits per heavy atom. The van der Waals surface area contributed by atoms with Gasteiger partial charge in [-0.3, -0.25) is 0 Å². The van der Waals surface area contributed by atoms with Crippen LogP contribution in [0.1, 0.15) is 26.0 Å². The highest BCUT2D eigenvalue weighted by molar-refractivity contribution is 7.91. The lowest BCUT2D eigenvalue weighted by Gasteiger charge is -2.28. The molecule has 2 rings (SSSR count). The maximum atomic E-state index is 11.5. The van der Waals surface area contributed by atoms with Crippen LogP contribution in [-0.2, 0) is 16.3 Å². The van der Waals surface area contributed by atoms with E-state index in [1.807, 2.05) is 19.1 Å². The highest BCUT2D eigenvalue weighted by Crippen LogP contribution is 2.23. The van der Waals surface area contributed by atoms with E-state index in [4.69, 9.17) is 4.42 Å². The summed E-state index contributed by atoms with van der Waals surface area (Å²) in [5.74, 6) is 1.46. The summed E-state index contributed by atoms with van der Waals surface area (Å²) in [5, 5.41) is 3.41. The minimum absolute atomic E-state index is 0.208. The second-order valence-electron chi connectivity index (χ2n) is 5.23. The van der Waals surface area contributed by atoms with Crippen molar-refractivity contribution < 1.29 is 12.8 Å². The van der Waals surface area contributed by atoms with Crippen molar-refractivity contribution in [1.82, 2.24) is 5.32 Å². The van der Waals surface area contributed by atoms with E-state index in [1.54, 1.807) is 6.26 Å². The molecule has 96 valence electrons. The first kappa shape index (κ1) is 12.6. The zero-order valence-corrected chi connectivity index (χ0v) is 11.1. The van der Waals surface area contributed by atoms with Crippen molar-refractivity contribution in [3.8, 4) is 0 Å². The first-order valence-electron chi connectivity index (χ1n) is 5.89. The molecule has 2 unspecified atom stereocenters. The molecule has 0 aliphatic carbocycles. The number of hydrogen-bond acceptors (Lipinski definition) is 4. The van der Waals surface area contributed by atoms with Gasteiger partial charge in [-0.2, -0.15) is 0 Å². The number of furan rings is 1.